The summed E-state index contributed by atoms with van der Waals surface area (Å²) in [5, 5.41) is 3.29. The Hall–Kier alpha value is -1.33. The van der Waals surface area contributed by atoms with E-state index in [9.17, 15) is 4.79 Å². The maximum absolute atomic E-state index is 11.2. The molecule has 1 heterocycles. The highest BCUT2D eigenvalue weighted by Gasteiger charge is 2.11. The van der Waals surface area contributed by atoms with Crippen LogP contribution in [-0.2, 0) is 16.0 Å². The third-order valence-corrected chi connectivity index (χ3v) is 2.50. The zero-order chi connectivity index (χ0) is 12.7. The topological polar surface area (TPSA) is 60.7 Å². The van der Waals surface area contributed by atoms with Crippen LogP contribution in [0.2, 0.25) is 0 Å². The minimum absolute atomic E-state index is 0.284. The van der Waals surface area contributed by atoms with Gasteiger partial charge in [0.05, 0.1) is 25.8 Å². The molecule has 0 spiro atoms. The highest BCUT2D eigenvalue weighted by molar-refractivity contribution is 5.88. The van der Waals surface area contributed by atoms with Gasteiger partial charge in [0.15, 0.2) is 0 Å². The number of esters is 1. The van der Waals surface area contributed by atoms with Crippen molar-refractivity contribution in [1.82, 2.24) is 5.32 Å². The molecule has 0 radical (unpaired) electrons. The van der Waals surface area contributed by atoms with Crippen molar-refractivity contribution in [2.45, 2.75) is 25.9 Å². The Kier molecular flexibility index (Phi) is 5.72. The third-order valence-electron chi connectivity index (χ3n) is 2.50. The van der Waals surface area contributed by atoms with Crippen LogP contribution in [-0.4, -0.2) is 32.8 Å². The van der Waals surface area contributed by atoms with Gasteiger partial charge >= 0.3 is 5.97 Å². The molecule has 0 bridgehead atoms. The SMILES string of the molecule is CCC(COC)NCc1cc(C(=O)OC)co1. The van der Waals surface area contributed by atoms with E-state index in [2.05, 4.69) is 17.0 Å². The summed E-state index contributed by atoms with van der Waals surface area (Å²) in [5.74, 6) is 0.323. The van der Waals surface area contributed by atoms with Crippen LogP contribution in [0.25, 0.3) is 0 Å². The number of nitrogens with one attached hydrogen (secondary N) is 1. The molecule has 1 rings (SSSR count). The lowest BCUT2D eigenvalue weighted by Crippen LogP contribution is -2.31. The van der Waals surface area contributed by atoms with Crippen LogP contribution >= 0.6 is 0 Å². The standard InChI is InChI=1S/C12H19NO4/c1-4-10(8-15-2)13-6-11-5-9(7-17-11)12(14)16-3/h5,7,10,13H,4,6,8H2,1-3H3. The zero-order valence-electron chi connectivity index (χ0n) is 10.5. The summed E-state index contributed by atoms with van der Waals surface area (Å²) in [4.78, 5) is 11.2. The molecule has 17 heavy (non-hydrogen) atoms. The molecule has 5 nitrogen and oxygen atoms in total. The van der Waals surface area contributed by atoms with E-state index in [1.54, 1.807) is 13.2 Å². The molecule has 1 N–H and O–H groups in total. The molecule has 1 atom stereocenters. The van der Waals surface area contributed by atoms with Gasteiger partial charge < -0.3 is 19.2 Å². The number of methoxy groups -OCH3 is 2. The van der Waals surface area contributed by atoms with Crippen molar-refractivity contribution in [2.75, 3.05) is 20.8 Å². The fourth-order valence-electron chi connectivity index (χ4n) is 1.47. The van der Waals surface area contributed by atoms with Gasteiger partial charge in [0, 0.05) is 13.2 Å². The summed E-state index contributed by atoms with van der Waals surface area (Å²) in [6, 6.07) is 1.96. The lowest BCUT2D eigenvalue weighted by Gasteiger charge is -2.14. The average molecular weight is 241 g/mol. The molecule has 0 saturated carbocycles. The summed E-state index contributed by atoms with van der Waals surface area (Å²) in [7, 11) is 3.02. The molecule has 0 saturated heterocycles. The first kappa shape index (κ1) is 13.7. The predicted molar refractivity (Wildman–Crippen MR) is 62.8 cm³/mol. The number of rotatable bonds is 7. The lowest BCUT2D eigenvalue weighted by atomic mass is 10.2. The Labute approximate surface area is 101 Å². The maximum Gasteiger partial charge on any atom is 0.341 e. The quantitative estimate of drug-likeness (QED) is 0.734. The first-order valence-corrected chi connectivity index (χ1v) is 5.59. The highest BCUT2D eigenvalue weighted by atomic mass is 16.5. The molecule has 1 aromatic rings. The van der Waals surface area contributed by atoms with Crippen molar-refractivity contribution in [1.29, 1.82) is 0 Å². The van der Waals surface area contributed by atoms with E-state index in [0.29, 0.717) is 24.5 Å². The molecule has 5 heteroatoms. The zero-order valence-corrected chi connectivity index (χ0v) is 10.5. The summed E-state index contributed by atoms with van der Waals surface area (Å²) in [6.45, 7) is 3.30. The number of carbonyl (C=O) groups is 1. The van der Waals surface area contributed by atoms with Crippen molar-refractivity contribution in [3.8, 4) is 0 Å². The van der Waals surface area contributed by atoms with E-state index in [1.807, 2.05) is 0 Å². The first-order chi connectivity index (χ1) is 8.21. The number of ether oxygens (including phenoxy) is 2. The molecular formula is C12H19NO4. The molecule has 96 valence electrons. The van der Waals surface area contributed by atoms with Crippen LogP contribution < -0.4 is 5.32 Å². The Morgan fingerprint density at radius 3 is 2.88 bits per heavy atom. The second-order valence-electron chi connectivity index (χ2n) is 3.73. The smallest absolute Gasteiger partial charge is 0.341 e. The second-order valence-corrected chi connectivity index (χ2v) is 3.73. The maximum atomic E-state index is 11.2. The van der Waals surface area contributed by atoms with Gasteiger partial charge in [-0.1, -0.05) is 6.92 Å². The molecule has 0 fully saturated rings. The van der Waals surface area contributed by atoms with Crippen molar-refractivity contribution in [2.24, 2.45) is 0 Å². The van der Waals surface area contributed by atoms with Gasteiger partial charge in [-0.3, -0.25) is 0 Å². The molecule has 0 aliphatic carbocycles. The van der Waals surface area contributed by atoms with E-state index in [0.717, 1.165) is 6.42 Å². The predicted octanol–water partition coefficient (Wildman–Crippen LogP) is 1.58. The molecule has 1 aromatic heterocycles. The Morgan fingerprint density at radius 1 is 1.53 bits per heavy atom. The van der Waals surface area contributed by atoms with Crippen LogP contribution in [0.5, 0.6) is 0 Å². The van der Waals surface area contributed by atoms with Crippen molar-refractivity contribution < 1.29 is 18.7 Å². The molecule has 0 aromatic carbocycles. The van der Waals surface area contributed by atoms with Crippen molar-refractivity contribution >= 4 is 5.97 Å². The summed E-state index contributed by atoms with van der Waals surface area (Å²) in [6.07, 6.45) is 2.37. The van der Waals surface area contributed by atoms with Gasteiger partial charge in [-0.05, 0) is 12.5 Å². The first-order valence-electron chi connectivity index (χ1n) is 5.59. The monoisotopic (exact) mass is 241 g/mol. The average Bonchev–Trinajstić information content (AvgIpc) is 2.82. The van der Waals surface area contributed by atoms with Crippen molar-refractivity contribution in [3.05, 3.63) is 23.7 Å². The van der Waals surface area contributed by atoms with E-state index in [-0.39, 0.29) is 12.0 Å². The molecule has 0 aliphatic rings. The fourth-order valence-corrected chi connectivity index (χ4v) is 1.47. The van der Waals surface area contributed by atoms with Gasteiger partial charge in [0.1, 0.15) is 12.0 Å². The molecule has 0 amide bonds. The Morgan fingerprint density at radius 2 is 2.29 bits per heavy atom. The molecular weight excluding hydrogens is 222 g/mol. The van der Waals surface area contributed by atoms with E-state index in [1.165, 1.54) is 13.4 Å². The number of furan rings is 1. The van der Waals surface area contributed by atoms with Crippen LogP contribution in [0.1, 0.15) is 29.5 Å². The number of hydrogen-bond donors (Lipinski definition) is 1. The van der Waals surface area contributed by atoms with Crippen molar-refractivity contribution in [3.63, 3.8) is 0 Å². The number of carbonyl (C=O) groups excluding carboxylic acids is 1. The fraction of sp³-hybridized carbons (Fsp3) is 0.583. The van der Waals surface area contributed by atoms with Gasteiger partial charge in [0.2, 0.25) is 0 Å². The summed E-state index contributed by atoms with van der Waals surface area (Å²) in [5.41, 5.74) is 0.434. The second kappa shape index (κ2) is 7.09. The van der Waals surface area contributed by atoms with Gasteiger partial charge in [-0.2, -0.15) is 0 Å². The molecule has 1 unspecified atom stereocenters. The van der Waals surface area contributed by atoms with Gasteiger partial charge in [0.25, 0.3) is 0 Å². The Balaban J connectivity index is 2.46. The highest BCUT2D eigenvalue weighted by Crippen LogP contribution is 2.09. The van der Waals surface area contributed by atoms with Gasteiger partial charge in [-0.25, -0.2) is 4.79 Å². The molecule has 0 aliphatic heterocycles. The number of hydrogen-bond acceptors (Lipinski definition) is 5. The third kappa shape index (κ3) is 4.20. The minimum Gasteiger partial charge on any atom is -0.467 e. The van der Waals surface area contributed by atoms with E-state index >= 15 is 0 Å². The van der Waals surface area contributed by atoms with Crippen LogP contribution in [0.4, 0.5) is 0 Å². The van der Waals surface area contributed by atoms with Gasteiger partial charge in [-0.15, -0.1) is 0 Å². The van der Waals surface area contributed by atoms with E-state index < -0.39 is 0 Å². The summed E-state index contributed by atoms with van der Waals surface area (Å²) < 4.78 is 14.9. The normalized spacial score (nSPS) is 12.4. The largest absolute Gasteiger partial charge is 0.467 e. The lowest BCUT2D eigenvalue weighted by molar-refractivity contribution is 0.0600. The summed E-state index contributed by atoms with van der Waals surface area (Å²) >= 11 is 0. The van der Waals surface area contributed by atoms with Crippen LogP contribution in [0.3, 0.4) is 0 Å². The van der Waals surface area contributed by atoms with Crippen LogP contribution in [0.15, 0.2) is 16.7 Å². The van der Waals surface area contributed by atoms with Crippen LogP contribution in [0, 0.1) is 0 Å². The van der Waals surface area contributed by atoms with E-state index in [4.69, 9.17) is 9.15 Å². The Bertz CT molecular complexity index is 348. The minimum atomic E-state index is -0.385.